The minimum Gasteiger partial charge on any atom is -0.472 e. The number of carbonyl (C=O) groups excluding carboxylic acids is 1. The van der Waals surface area contributed by atoms with E-state index in [4.69, 9.17) is 16.3 Å². The number of nitrogens with zero attached hydrogens (tertiary/aromatic N) is 5. The number of aromatic nitrogens is 3. The van der Waals surface area contributed by atoms with Crippen LogP contribution >= 0.6 is 34.3 Å². The van der Waals surface area contributed by atoms with E-state index in [1.807, 2.05) is 0 Å². The SMILES string of the molecule is Cc1c(C2CN(S(=O)(=O)N(C)C)CCC2C(F)(F)F)nn(C(=O)c2cscn2)c1OCc1ccc(Cl)s1. The second kappa shape index (κ2) is 10.6. The van der Waals surface area contributed by atoms with Crippen LogP contribution in [0.4, 0.5) is 13.2 Å². The van der Waals surface area contributed by atoms with E-state index >= 15 is 0 Å². The number of carbonyl (C=O) groups is 1. The molecular formula is C21H23ClF3N5O4S3. The summed E-state index contributed by atoms with van der Waals surface area (Å²) in [5, 5.41) is 5.77. The molecule has 9 nitrogen and oxygen atoms in total. The minimum atomic E-state index is -4.61. The van der Waals surface area contributed by atoms with E-state index in [0.717, 1.165) is 18.2 Å². The molecule has 4 heterocycles. The smallest absolute Gasteiger partial charge is 0.392 e. The molecule has 2 unspecified atom stereocenters. The maximum absolute atomic E-state index is 14.1. The normalized spacial score (nSPS) is 19.5. The first-order chi connectivity index (χ1) is 17.3. The summed E-state index contributed by atoms with van der Waals surface area (Å²) in [6, 6.07) is 3.41. The summed E-state index contributed by atoms with van der Waals surface area (Å²) in [7, 11) is -1.34. The topological polar surface area (TPSA) is 97.6 Å². The molecule has 0 N–H and O–H groups in total. The van der Waals surface area contributed by atoms with Crippen molar-refractivity contribution >= 4 is 50.4 Å². The molecule has 2 atom stereocenters. The van der Waals surface area contributed by atoms with Gasteiger partial charge in [-0.25, -0.2) is 4.98 Å². The number of ether oxygens (including phenoxy) is 1. The summed E-state index contributed by atoms with van der Waals surface area (Å²) >= 11 is 8.41. The number of hydrogen-bond acceptors (Lipinski definition) is 8. The Morgan fingerprint density at radius 1 is 1.32 bits per heavy atom. The van der Waals surface area contributed by atoms with Gasteiger partial charge in [0, 0.05) is 48.9 Å². The highest BCUT2D eigenvalue weighted by atomic mass is 35.5. The predicted octanol–water partition coefficient (Wildman–Crippen LogP) is 4.40. The second-order valence-corrected chi connectivity index (χ2v) is 13.3. The fraction of sp³-hybridized carbons (Fsp3) is 0.476. The molecule has 37 heavy (non-hydrogen) atoms. The Morgan fingerprint density at radius 2 is 2.05 bits per heavy atom. The number of hydrogen-bond donors (Lipinski definition) is 0. The lowest BCUT2D eigenvalue weighted by Crippen LogP contribution is -2.50. The lowest BCUT2D eigenvalue weighted by molar-refractivity contribution is -0.188. The van der Waals surface area contributed by atoms with E-state index in [2.05, 4.69) is 10.1 Å². The maximum atomic E-state index is 14.1. The van der Waals surface area contributed by atoms with Gasteiger partial charge in [0.2, 0.25) is 5.88 Å². The summed E-state index contributed by atoms with van der Waals surface area (Å²) in [5.41, 5.74) is 1.66. The molecule has 1 fully saturated rings. The standard InChI is InChI=1S/C21H23ClF3N5O4S3/c1-12-18(14-8-29(37(32,33)28(2)3)7-6-15(14)21(23,24)25)27-30(19(31)16-10-35-11-26-16)20(12)34-9-13-4-5-17(22)36-13/h4-5,10-11,14-15H,6-9H2,1-3H3. The van der Waals surface area contributed by atoms with Gasteiger partial charge in [-0.05, 0) is 25.5 Å². The van der Waals surface area contributed by atoms with Crippen molar-refractivity contribution in [2.75, 3.05) is 27.2 Å². The highest BCUT2D eigenvalue weighted by molar-refractivity contribution is 7.86. The molecule has 16 heteroatoms. The highest BCUT2D eigenvalue weighted by Gasteiger charge is 2.51. The van der Waals surface area contributed by atoms with Crippen LogP contribution in [0.3, 0.4) is 0 Å². The van der Waals surface area contributed by atoms with Crippen molar-refractivity contribution in [1.82, 2.24) is 23.4 Å². The molecule has 1 aliphatic rings. The van der Waals surface area contributed by atoms with Crippen molar-refractivity contribution in [2.45, 2.75) is 32.0 Å². The number of alkyl halides is 3. The minimum absolute atomic E-state index is 0.00219. The molecule has 3 aromatic heterocycles. The third-order valence-corrected chi connectivity index (χ3v) is 9.76. The van der Waals surface area contributed by atoms with E-state index in [1.54, 1.807) is 12.1 Å². The molecule has 0 saturated carbocycles. The Kier molecular flexibility index (Phi) is 8.03. The van der Waals surface area contributed by atoms with Gasteiger partial charge < -0.3 is 4.74 Å². The largest absolute Gasteiger partial charge is 0.472 e. The number of thiophene rings is 1. The predicted molar refractivity (Wildman–Crippen MR) is 134 cm³/mol. The van der Waals surface area contributed by atoms with E-state index in [1.165, 1.54) is 54.6 Å². The molecule has 202 valence electrons. The zero-order valence-electron chi connectivity index (χ0n) is 19.9. The summed E-state index contributed by atoms with van der Waals surface area (Å²) in [6.07, 6.45) is -5.06. The van der Waals surface area contributed by atoms with Gasteiger partial charge in [0.25, 0.3) is 10.2 Å². The molecule has 0 radical (unpaired) electrons. The van der Waals surface area contributed by atoms with E-state index in [9.17, 15) is 26.4 Å². The Labute approximate surface area is 224 Å². The number of rotatable bonds is 7. The lowest BCUT2D eigenvalue weighted by atomic mass is 9.82. The van der Waals surface area contributed by atoms with Crippen LogP contribution in [0.1, 0.15) is 39.0 Å². The molecule has 4 rings (SSSR count). The quantitative estimate of drug-likeness (QED) is 0.400. The average Bonchev–Trinajstić information content (AvgIpc) is 3.57. The Balaban J connectivity index is 1.78. The van der Waals surface area contributed by atoms with Crippen LogP contribution in [-0.2, 0) is 16.8 Å². The zero-order valence-corrected chi connectivity index (χ0v) is 23.1. The third kappa shape index (κ3) is 5.71. The highest BCUT2D eigenvalue weighted by Crippen LogP contribution is 2.45. The first-order valence-electron chi connectivity index (χ1n) is 10.9. The van der Waals surface area contributed by atoms with Crippen LogP contribution in [0.2, 0.25) is 4.34 Å². The van der Waals surface area contributed by atoms with E-state index in [-0.39, 0.29) is 36.0 Å². The van der Waals surface area contributed by atoms with Crippen LogP contribution in [-0.4, -0.2) is 71.1 Å². The molecule has 0 bridgehead atoms. The Hall–Kier alpha value is -2.04. The molecular weight excluding hydrogens is 575 g/mol. The van der Waals surface area contributed by atoms with Crippen LogP contribution < -0.4 is 4.74 Å². The Morgan fingerprint density at radius 3 is 2.62 bits per heavy atom. The van der Waals surface area contributed by atoms with E-state index in [0.29, 0.717) is 4.34 Å². The van der Waals surface area contributed by atoms with Crippen molar-refractivity contribution in [3.05, 3.63) is 49.2 Å². The fourth-order valence-electron chi connectivity index (χ4n) is 4.18. The van der Waals surface area contributed by atoms with Gasteiger partial charge in [-0.3, -0.25) is 4.79 Å². The van der Waals surface area contributed by atoms with Gasteiger partial charge in [0.15, 0.2) is 0 Å². The Bertz CT molecular complexity index is 1370. The monoisotopic (exact) mass is 597 g/mol. The summed E-state index contributed by atoms with van der Waals surface area (Å²) < 4.78 is 77.2. The molecule has 0 aromatic carbocycles. The van der Waals surface area contributed by atoms with Gasteiger partial charge in [-0.1, -0.05) is 11.6 Å². The van der Waals surface area contributed by atoms with Gasteiger partial charge in [0.1, 0.15) is 12.3 Å². The van der Waals surface area contributed by atoms with Crippen LogP contribution in [0.25, 0.3) is 0 Å². The maximum Gasteiger partial charge on any atom is 0.392 e. The average molecular weight is 598 g/mol. The van der Waals surface area contributed by atoms with Gasteiger partial charge >= 0.3 is 12.1 Å². The lowest BCUT2D eigenvalue weighted by Gasteiger charge is -2.38. The van der Waals surface area contributed by atoms with Crippen molar-refractivity contribution in [3.63, 3.8) is 0 Å². The molecule has 1 aliphatic heterocycles. The second-order valence-electron chi connectivity index (χ2n) is 8.59. The zero-order chi connectivity index (χ0) is 27.1. The molecule has 0 amide bonds. The fourth-order valence-corrected chi connectivity index (χ4v) is 6.86. The van der Waals surface area contributed by atoms with Crippen LogP contribution in [0, 0.1) is 12.8 Å². The number of piperidine rings is 1. The third-order valence-electron chi connectivity index (χ3n) is 6.06. The van der Waals surface area contributed by atoms with Crippen LogP contribution in [0.5, 0.6) is 5.88 Å². The summed E-state index contributed by atoms with van der Waals surface area (Å²) in [6.45, 7) is 0.771. The van der Waals surface area contributed by atoms with E-state index < -0.39 is 47.1 Å². The van der Waals surface area contributed by atoms with Crippen molar-refractivity contribution in [3.8, 4) is 5.88 Å². The van der Waals surface area contributed by atoms with Crippen molar-refractivity contribution in [1.29, 1.82) is 0 Å². The molecule has 3 aromatic rings. The number of halogens is 4. The first-order valence-corrected chi connectivity index (χ1v) is 14.5. The van der Waals surface area contributed by atoms with Crippen molar-refractivity contribution in [2.24, 2.45) is 5.92 Å². The van der Waals surface area contributed by atoms with Crippen LogP contribution in [0.15, 0.2) is 23.0 Å². The summed E-state index contributed by atoms with van der Waals surface area (Å²) in [5.74, 6) is -3.93. The van der Waals surface area contributed by atoms with Gasteiger partial charge in [-0.2, -0.15) is 40.0 Å². The van der Waals surface area contributed by atoms with Gasteiger partial charge in [0.05, 0.1) is 21.5 Å². The molecule has 1 saturated heterocycles. The van der Waals surface area contributed by atoms with Gasteiger partial charge in [-0.15, -0.1) is 22.7 Å². The molecule has 0 spiro atoms. The summed E-state index contributed by atoms with van der Waals surface area (Å²) in [4.78, 5) is 17.9. The van der Waals surface area contributed by atoms with Crippen molar-refractivity contribution < 1.29 is 31.1 Å². The molecule has 0 aliphatic carbocycles. The first kappa shape index (κ1) is 28.0. The number of thiazole rings is 1.